The fourth-order valence-electron chi connectivity index (χ4n) is 2.60. The van der Waals surface area contributed by atoms with Gasteiger partial charge in [-0.05, 0) is 29.8 Å². The zero-order valence-electron chi connectivity index (χ0n) is 10.8. The van der Waals surface area contributed by atoms with Crippen molar-refractivity contribution >= 4 is 5.78 Å². The van der Waals surface area contributed by atoms with Gasteiger partial charge in [0.25, 0.3) is 0 Å². The molecule has 0 aromatic heterocycles. The van der Waals surface area contributed by atoms with Crippen LogP contribution in [0.5, 0.6) is 11.5 Å². The molecule has 2 aromatic rings. The molecule has 0 N–H and O–H groups in total. The molecule has 2 heterocycles. The van der Waals surface area contributed by atoms with Crippen LogP contribution in [0.3, 0.4) is 0 Å². The minimum absolute atomic E-state index is 0.103. The van der Waals surface area contributed by atoms with Crippen LogP contribution in [0.25, 0.3) is 0 Å². The number of para-hydroxylation sites is 1. The van der Waals surface area contributed by atoms with Gasteiger partial charge in [0.1, 0.15) is 11.5 Å². The van der Waals surface area contributed by atoms with Crippen LogP contribution in [0.4, 0.5) is 0 Å². The summed E-state index contributed by atoms with van der Waals surface area (Å²) in [4.78, 5) is 12.4. The lowest BCUT2D eigenvalue weighted by atomic mass is 10.0. The number of methoxy groups -OCH3 is 1. The number of epoxide rings is 1. The first-order valence-corrected chi connectivity index (χ1v) is 6.39. The van der Waals surface area contributed by atoms with Crippen molar-refractivity contribution in [2.45, 2.75) is 11.9 Å². The van der Waals surface area contributed by atoms with Gasteiger partial charge < -0.3 is 14.2 Å². The topological polar surface area (TPSA) is 48.1 Å². The van der Waals surface area contributed by atoms with Gasteiger partial charge in [0, 0.05) is 0 Å². The molecule has 4 heteroatoms. The lowest BCUT2D eigenvalue weighted by molar-refractivity contribution is 0.0538. The standard InChI is InChI=1S/C16H12O4/c1-18-11-8-6-10(7-9-11)15-16(20-15)14(17)12-4-2-3-5-13(12)19-16/h2-9,15H,1H3. The Labute approximate surface area is 115 Å². The minimum Gasteiger partial charge on any atom is -0.497 e. The molecule has 1 spiro atoms. The van der Waals surface area contributed by atoms with Crippen molar-refractivity contribution in [3.8, 4) is 11.5 Å². The second-order valence-corrected chi connectivity index (χ2v) is 4.87. The number of fused-ring (bicyclic) bond motifs is 1. The summed E-state index contributed by atoms with van der Waals surface area (Å²) in [5.74, 6) is 0.103. The third-order valence-corrected chi connectivity index (χ3v) is 3.71. The largest absolute Gasteiger partial charge is 0.497 e. The Morgan fingerprint density at radius 3 is 2.55 bits per heavy atom. The lowest BCUT2D eigenvalue weighted by Crippen LogP contribution is -2.25. The van der Waals surface area contributed by atoms with E-state index in [0.717, 1.165) is 11.3 Å². The van der Waals surface area contributed by atoms with Crippen LogP contribution in [0.15, 0.2) is 48.5 Å². The predicted molar refractivity (Wildman–Crippen MR) is 71.0 cm³/mol. The summed E-state index contributed by atoms with van der Waals surface area (Å²) >= 11 is 0. The van der Waals surface area contributed by atoms with Crippen LogP contribution in [0.1, 0.15) is 22.0 Å². The van der Waals surface area contributed by atoms with Crippen molar-refractivity contribution in [1.82, 2.24) is 0 Å². The van der Waals surface area contributed by atoms with E-state index in [-0.39, 0.29) is 11.9 Å². The Morgan fingerprint density at radius 2 is 1.85 bits per heavy atom. The molecule has 100 valence electrons. The van der Waals surface area contributed by atoms with Gasteiger partial charge in [-0.2, -0.15) is 0 Å². The van der Waals surface area contributed by atoms with E-state index < -0.39 is 5.79 Å². The molecule has 0 bridgehead atoms. The number of Topliss-reactive ketones (excluding diaryl/α,β-unsaturated/α-hetero) is 1. The molecular weight excluding hydrogens is 256 g/mol. The third-order valence-electron chi connectivity index (χ3n) is 3.71. The van der Waals surface area contributed by atoms with E-state index in [4.69, 9.17) is 14.2 Å². The maximum Gasteiger partial charge on any atom is 0.307 e. The highest BCUT2D eigenvalue weighted by Crippen LogP contribution is 2.56. The Balaban J connectivity index is 1.65. The van der Waals surface area contributed by atoms with Crippen molar-refractivity contribution in [3.63, 3.8) is 0 Å². The van der Waals surface area contributed by atoms with Gasteiger partial charge >= 0.3 is 5.79 Å². The molecule has 0 radical (unpaired) electrons. The number of hydrogen-bond donors (Lipinski definition) is 0. The maximum absolute atomic E-state index is 12.4. The van der Waals surface area contributed by atoms with Gasteiger partial charge in [-0.1, -0.05) is 24.3 Å². The van der Waals surface area contributed by atoms with Crippen molar-refractivity contribution in [1.29, 1.82) is 0 Å². The van der Waals surface area contributed by atoms with Gasteiger partial charge in [-0.15, -0.1) is 0 Å². The third kappa shape index (κ3) is 1.42. The summed E-state index contributed by atoms with van der Waals surface area (Å²) in [6.07, 6.45) is -0.353. The smallest absolute Gasteiger partial charge is 0.307 e. The fourth-order valence-corrected chi connectivity index (χ4v) is 2.60. The SMILES string of the molecule is COc1ccc(C2OC23Oc2ccccc2C3=O)cc1. The second-order valence-electron chi connectivity index (χ2n) is 4.87. The van der Waals surface area contributed by atoms with E-state index >= 15 is 0 Å². The molecule has 2 aromatic carbocycles. The fraction of sp³-hybridized carbons (Fsp3) is 0.188. The van der Waals surface area contributed by atoms with Gasteiger partial charge in [0.15, 0.2) is 6.10 Å². The predicted octanol–water partition coefficient (Wildman–Crippen LogP) is 2.74. The summed E-state index contributed by atoms with van der Waals surface area (Å²) in [7, 11) is 1.62. The van der Waals surface area contributed by atoms with Crippen LogP contribution in [0.2, 0.25) is 0 Å². The molecule has 0 saturated carbocycles. The van der Waals surface area contributed by atoms with Crippen molar-refractivity contribution in [2.75, 3.05) is 7.11 Å². The highest BCUT2D eigenvalue weighted by molar-refractivity contribution is 6.08. The van der Waals surface area contributed by atoms with Gasteiger partial charge in [-0.3, -0.25) is 4.79 Å². The molecule has 2 aliphatic heterocycles. The Kier molecular flexibility index (Phi) is 2.20. The average molecular weight is 268 g/mol. The van der Waals surface area contributed by atoms with Crippen LogP contribution < -0.4 is 9.47 Å². The van der Waals surface area contributed by atoms with Gasteiger partial charge in [0.05, 0.1) is 12.7 Å². The molecule has 0 amide bonds. The first-order chi connectivity index (χ1) is 9.74. The molecule has 20 heavy (non-hydrogen) atoms. The molecular formula is C16H12O4. The Morgan fingerprint density at radius 1 is 1.10 bits per heavy atom. The zero-order valence-corrected chi connectivity index (χ0v) is 10.8. The number of rotatable bonds is 2. The lowest BCUT2D eigenvalue weighted by Gasteiger charge is -2.04. The molecule has 2 unspecified atom stereocenters. The molecule has 2 atom stereocenters. The van der Waals surface area contributed by atoms with Crippen LogP contribution in [-0.2, 0) is 4.74 Å². The highest BCUT2D eigenvalue weighted by Gasteiger charge is 2.69. The number of hydrogen-bond acceptors (Lipinski definition) is 4. The molecule has 1 saturated heterocycles. The average Bonchev–Trinajstić information content (AvgIpc) is 3.15. The quantitative estimate of drug-likeness (QED) is 0.786. The summed E-state index contributed by atoms with van der Waals surface area (Å²) in [5, 5.41) is 0. The minimum atomic E-state index is -1.15. The summed E-state index contributed by atoms with van der Waals surface area (Å²) in [6.45, 7) is 0. The van der Waals surface area contributed by atoms with Crippen LogP contribution in [0, 0.1) is 0 Å². The molecule has 1 fully saturated rings. The van der Waals surface area contributed by atoms with Gasteiger partial charge in [0.2, 0.25) is 5.78 Å². The monoisotopic (exact) mass is 268 g/mol. The van der Waals surface area contributed by atoms with Gasteiger partial charge in [-0.25, -0.2) is 0 Å². The van der Waals surface area contributed by atoms with Crippen molar-refractivity contribution in [2.24, 2.45) is 0 Å². The summed E-state index contributed by atoms with van der Waals surface area (Å²) in [6, 6.07) is 14.7. The number of carbonyl (C=O) groups is 1. The Hall–Kier alpha value is -2.33. The number of benzene rings is 2. The maximum atomic E-state index is 12.4. The molecule has 4 rings (SSSR count). The first kappa shape index (κ1) is 11.5. The highest BCUT2D eigenvalue weighted by atomic mass is 16.8. The number of carbonyl (C=O) groups excluding carboxylic acids is 1. The van der Waals surface area contributed by atoms with E-state index in [9.17, 15) is 4.79 Å². The normalized spacial score (nSPS) is 26.2. The zero-order chi connectivity index (χ0) is 13.7. The van der Waals surface area contributed by atoms with E-state index in [1.807, 2.05) is 36.4 Å². The van der Waals surface area contributed by atoms with E-state index in [2.05, 4.69) is 0 Å². The van der Waals surface area contributed by atoms with Crippen LogP contribution >= 0.6 is 0 Å². The molecule has 0 aliphatic carbocycles. The van der Waals surface area contributed by atoms with E-state index in [0.29, 0.717) is 11.3 Å². The first-order valence-electron chi connectivity index (χ1n) is 6.39. The second kappa shape index (κ2) is 3.84. The number of ether oxygens (including phenoxy) is 3. The molecule has 2 aliphatic rings. The van der Waals surface area contributed by atoms with E-state index in [1.165, 1.54) is 0 Å². The summed E-state index contributed by atoms with van der Waals surface area (Å²) in [5.41, 5.74) is 1.50. The molecule has 4 nitrogen and oxygen atoms in total. The van der Waals surface area contributed by atoms with Crippen molar-refractivity contribution < 1.29 is 19.0 Å². The Bertz CT molecular complexity index is 692. The van der Waals surface area contributed by atoms with Crippen molar-refractivity contribution in [3.05, 3.63) is 59.7 Å². The van der Waals surface area contributed by atoms with Crippen LogP contribution in [-0.4, -0.2) is 18.7 Å². The summed E-state index contributed by atoms with van der Waals surface area (Å²) < 4.78 is 16.5. The van der Waals surface area contributed by atoms with E-state index in [1.54, 1.807) is 19.2 Å². The number of ketones is 1.